The van der Waals surface area contributed by atoms with Crippen LogP contribution >= 0.6 is 0 Å². The Hall–Kier alpha value is -3.42. The first-order chi connectivity index (χ1) is 15.6. The molecule has 8 heteroatoms. The number of nitrogens with zero attached hydrogens (tertiary/aromatic N) is 3. The van der Waals surface area contributed by atoms with Crippen molar-refractivity contribution in [2.24, 2.45) is 11.8 Å². The van der Waals surface area contributed by atoms with Crippen molar-refractivity contribution >= 4 is 23.4 Å². The SMILES string of the molecule is COc1ccccc1N1CC(C(=O)N2CCC(C(=O)NCc3cccnc3)CC2)CC1=O. The molecule has 4 rings (SSSR count). The highest BCUT2D eigenvalue weighted by atomic mass is 16.5. The number of pyridine rings is 1. The molecule has 3 heterocycles. The fourth-order valence-electron chi connectivity index (χ4n) is 4.42. The molecule has 1 aromatic heterocycles. The minimum atomic E-state index is -0.372. The van der Waals surface area contributed by atoms with Crippen LogP contribution in [0.15, 0.2) is 48.8 Å². The molecule has 0 spiro atoms. The van der Waals surface area contributed by atoms with Gasteiger partial charge < -0.3 is 19.9 Å². The van der Waals surface area contributed by atoms with E-state index in [0.717, 1.165) is 5.56 Å². The van der Waals surface area contributed by atoms with E-state index < -0.39 is 0 Å². The maximum absolute atomic E-state index is 13.1. The predicted molar refractivity (Wildman–Crippen MR) is 119 cm³/mol. The number of carbonyl (C=O) groups excluding carboxylic acids is 3. The fourth-order valence-corrected chi connectivity index (χ4v) is 4.42. The van der Waals surface area contributed by atoms with E-state index in [1.165, 1.54) is 0 Å². The van der Waals surface area contributed by atoms with Gasteiger partial charge in [-0.05, 0) is 36.6 Å². The van der Waals surface area contributed by atoms with Gasteiger partial charge in [-0.25, -0.2) is 0 Å². The molecule has 2 aliphatic heterocycles. The summed E-state index contributed by atoms with van der Waals surface area (Å²) in [6, 6.07) is 11.1. The van der Waals surface area contributed by atoms with Gasteiger partial charge in [0.15, 0.2) is 0 Å². The number of carbonyl (C=O) groups is 3. The number of aromatic nitrogens is 1. The van der Waals surface area contributed by atoms with Crippen LogP contribution in [-0.2, 0) is 20.9 Å². The minimum Gasteiger partial charge on any atom is -0.495 e. The largest absolute Gasteiger partial charge is 0.495 e. The first kappa shape index (κ1) is 21.8. The van der Waals surface area contributed by atoms with Crippen molar-refractivity contribution in [2.45, 2.75) is 25.8 Å². The quantitative estimate of drug-likeness (QED) is 0.748. The zero-order valence-corrected chi connectivity index (χ0v) is 18.2. The van der Waals surface area contributed by atoms with Crippen molar-refractivity contribution < 1.29 is 19.1 Å². The minimum absolute atomic E-state index is 0.00929. The monoisotopic (exact) mass is 436 g/mol. The van der Waals surface area contributed by atoms with Gasteiger partial charge in [0.05, 0.1) is 18.7 Å². The van der Waals surface area contributed by atoms with Crippen LogP contribution in [0.3, 0.4) is 0 Å². The molecule has 0 radical (unpaired) electrons. The number of rotatable bonds is 6. The molecular weight excluding hydrogens is 408 g/mol. The van der Waals surface area contributed by atoms with Gasteiger partial charge >= 0.3 is 0 Å². The zero-order chi connectivity index (χ0) is 22.5. The van der Waals surface area contributed by atoms with Crippen LogP contribution in [0.1, 0.15) is 24.8 Å². The molecule has 0 aliphatic carbocycles. The van der Waals surface area contributed by atoms with Crippen LogP contribution in [0.2, 0.25) is 0 Å². The Labute approximate surface area is 187 Å². The third-order valence-electron chi connectivity index (χ3n) is 6.22. The molecule has 1 atom stereocenters. The number of benzene rings is 1. The highest BCUT2D eigenvalue weighted by molar-refractivity contribution is 6.01. The number of hydrogen-bond acceptors (Lipinski definition) is 5. The summed E-state index contributed by atoms with van der Waals surface area (Å²) >= 11 is 0. The van der Waals surface area contributed by atoms with Crippen molar-refractivity contribution in [1.82, 2.24) is 15.2 Å². The summed E-state index contributed by atoms with van der Waals surface area (Å²) in [6.07, 6.45) is 4.88. The van der Waals surface area contributed by atoms with E-state index in [1.54, 1.807) is 29.3 Å². The van der Waals surface area contributed by atoms with Gasteiger partial charge in [-0.15, -0.1) is 0 Å². The third kappa shape index (κ3) is 4.74. The summed E-state index contributed by atoms with van der Waals surface area (Å²) < 4.78 is 5.37. The summed E-state index contributed by atoms with van der Waals surface area (Å²) in [4.78, 5) is 45.7. The number of likely N-dealkylation sites (tertiary alicyclic amines) is 1. The Kier molecular flexibility index (Phi) is 6.68. The van der Waals surface area contributed by atoms with Crippen LogP contribution in [0.25, 0.3) is 0 Å². The first-order valence-corrected chi connectivity index (χ1v) is 11.0. The van der Waals surface area contributed by atoms with Crippen molar-refractivity contribution in [3.05, 3.63) is 54.4 Å². The van der Waals surface area contributed by atoms with Gasteiger partial charge in [0.25, 0.3) is 0 Å². The van der Waals surface area contributed by atoms with E-state index >= 15 is 0 Å². The summed E-state index contributed by atoms with van der Waals surface area (Å²) in [5, 5.41) is 2.96. The Balaban J connectivity index is 1.29. The van der Waals surface area contributed by atoms with Crippen LogP contribution in [0.5, 0.6) is 5.75 Å². The van der Waals surface area contributed by atoms with Gasteiger partial charge in [-0.2, -0.15) is 0 Å². The summed E-state index contributed by atoms with van der Waals surface area (Å²) in [7, 11) is 1.57. The number of amides is 3. The molecule has 1 N–H and O–H groups in total. The maximum atomic E-state index is 13.1. The number of para-hydroxylation sites is 2. The molecule has 0 saturated carbocycles. The lowest BCUT2D eigenvalue weighted by atomic mass is 9.94. The third-order valence-corrected chi connectivity index (χ3v) is 6.22. The van der Waals surface area contributed by atoms with Crippen molar-refractivity contribution in [3.8, 4) is 5.75 Å². The first-order valence-electron chi connectivity index (χ1n) is 11.0. The molecular formula is C24H28N4O4. The van der Waals surface area contributed by atoms with Crippen LogP contribution in [0.4, 0.5) is 5.69 Å². The van der Waals surface area contributed by atoms with E-state index in [4.69, 9.17) is 4.74 Å². The fraction of sp³-hybridized carbons (Fsp3) is 0.417. The normalized spacial score (nSPS) is 19.2. The summed E-state index contributed by atoms with van der Waals surface area (Å²) in [6.45, 7) is 1.87. The molecule has 8 nitrogen and oxygen atoms in total. The Morgan fingerprint density at radius 3 is 2.62 bits per heavy atom. The van der Waals surface area contributed by atoms with Crippen molar-refractivity contribution in [3.63, 3.8) is 0 Å². The number of hydrogen-bond donors (Lipinski definition) is 1. The Bertz CT molecular complexity index is 973. The van der Waals surface area contributed by atoms with Crippen molar-refractivity contribution in [2.75, 3.05) is 31.6 Å². The van der Waals surface area contributed by atoms with E-state index in [0.29, 0.717) is 50.5 Å². The number of piperidine rings is 1. The van der Waals surface area contributed by atoms with Gasteiger partial charge in [0.2, 0.25) is 17.7 Å². The Morgan fingerprint density at radius 1 is 1.12 bits per heavy atom. The molecule has 32 heavy (non-hydrogen) atoms. The number of nitrogens with one attached hydrogen (secondary N) is 1. The lowest BCUT2D eigenvalue weighted by Crippen LogP contribution is -2.45. The van der Waals surface area contributed by atoms with Gasteiger partial charge in [-0.1, -0.05) is 18.2 Å². The molecule has 2 fully saturated rings. The average molecular weight is 437 g/mol. The van der Waals surface area contributed by atoms with Crippen LogP contribution in [-0.4, -0.2) is 54.3 Å². The number of ether oxygens (including phenoxy) is 1. The lowest BCUT2D eigenvalue weighted by Gasteiger charge is -2.33. The average Bonchev–Trinajstić information content (AvgIpc) is 3.24. The highest BCUT2D eigenvalue weighted by Gasteiger charge is 2.39. The number of methoxy groups -OCH3 is 1. The number of anilines is 1. The maximum Gasteiger partial charge on any atom is 0.228 e. The second-order valence-corrected chi connectivity index (χ2v) is 8.26. The molecule has 1 aromatic carbocycles. The Morgan fingerprint density at radius 2 is 1.91 bits per heavy atom. The smallest absolute Gasteiger partial charge is 0.228 e. The molecule has 168 valence electrons. The van der Waals surface area contributed by atoms with Crippen LogP contribution in [0, 0.1) is 11.8 Å². The molecule has 0 bridgehead atoms. The van der Waals surface area contributed by atoms with Crippen LogP contribution < -0.4 is 15.0 Å². The van der Waals surface area contributed by atoms with E-state index in [1.807, 2.05) is 36.4 Å². The van der Waals surface area contributed by atoms with Gasteiger partial charge in [0, 0.05) is 50.9 Å². The van der Waals surface area contributed by atoms with E-state index in [9.17, 15) is 14.4 Å². The predicted octanol–water partition coefficient (Wildman–Crippen LogP) is 2.00. The van der Waals surface area contributed by atoms with Gasteiger partial charge in [0.1, 0.15) is 5.75 Å². The second-order valence-electron chi connectivity index (χ2n) is 8.26. The molecule has 3 amide bonds. The van der Waals surface area contributed by atoms with E-state index in [2.05, 4.69) is 10.3 Å². The molecule has 2 saturated heterocycles. The molecule has 2 aromatic rings. The topological polar surface area (TPSA) is 91.8 Å². The standard InChI is InChI=1S/C24H28N4O4/c1-32-21-7-3-2-6-20(21)28-16-19(13-22(28)29)24(31)27-11-8-18(9-12-27)23(30)26-15-17-5-4-10-25-14-17/h2-7,10,14,18-19H,8-9,11-13,15-16H2,1H3,(H,26,30). The summed E-state index contributed by atoms with van der Waals surface area (Å²) in [5.41, 5.74) is 1.65. The zero-order valence-electron chi connectivity index (χ0n) is 18.2. The highest BCUT2D eigenvalue weighted by Crippen LogP contribution is 2.33. The second kappa shape index (κ2) is 9.80. The summed E-state index contributed by atoms with van der Waals surface area (Å²) in [5.74, 6) is 0.0725. The molecule has 1 unspecified atom stereocenters. The van der Waals surface area contributed by atoms with Crippen molar-refractivity contribution in [1.29, 1.82) is 0 Å². The van der Waals surface area contributed by atoms with E-state index in [-0.39, 0.29) is 36.0 Å². The molecule has 2 aliphatic rings. The lowest BCUT2D eigenvalue weighted by molar-refractivity contribution is -0.139. The van der Waals surface area contributed by atoms with Gasteiger partial charge in [-0.3, -0.25) is 19.4 Å².